The molecule has 0 heterocycles. The van der Waals surface area contributed by atoms with Crippen LogP contribution in [0.1, 0.15) is 11.1 Å². The summed E-state index contributed by atoms with van der Waals surface area (Å²) in [6.07, 6.45) is 1.13. The van der Waals surface area contributed by atoms with E-state index in [1.165, 1.54) is 10.9 Å². The lowest BCUT2D eigenvalue weighted by molar-refractivity contribution is -0.121. The molecule has 0 bridgehead atoms. The van der Waals surface area contributed by atoms with Gasteiger partial charge in [0, 0.05) is 24.3 Å². The molecule has 4 heteroatoms. The van der Waals surface area contributed by atoms with Crippen molar-refractivity contribution < 1.29 is 4.79 Å². The van der Waals surface area contributed by atoms with E-state index in [9.17, 15) is 4.79 Å². The summed E-state index contributed by atoms with van der Waals surface area (Å²) in [5, 5.41) is 6.32. The molecule has 1 atom stereocenters. The molecule has 4 aromatic carbocycles. The Morgan fingerprint density at radius 2 is 1.53 bits per heavy atom. The Kier molecular flexibility index (Phi) is 7.08. The molecule has 0 aliphatic carbocycles. The number of carbonyl (C=O) groups excluding carboxylic acids is 1. The van der Waals surface area contributed by atoms with Gasteiger partial charge in [0.15, 0.2) is 0 Å². The Morgan fingerprint density at radius 3 is 2.28 bits per heavy atom. The molecule has 0 spiro atoms. The molecule has 1 amide bonds. The van der Waals surface area contributed by atoms with Gasteiger partial charge in [-0.3, -0.25) is 4.79 Å². The quantitative estimate of drug-likeness (QED) is 0.368. The van der Waals surface area contributed by atoms with E-state index >= 15 is 0 Å². The highest BCUT2D eigenvalue weighted by atomic mass is 35.5. The van der Waals surface area contributed by atoms with E-state index in [-0.39, 0.29) is 11.9 Å². The minimum absolute atomic E-state index is 0.0222. The fourth-order valence-electron chi connectivity index (χ4n) is 4.00. The molecule has 0 aromatic heterocycles. The van der Waals surface area contributed by atoms with Crippen LogP contribution in [0.2, 0.25) is 5.02 Å². The first-order chi connectivity index (χ1) is 15.6. The van der Waals surface area contributed by atoms with Crippen LogP contribution in [0.4, 0.5) is 5.69 Å². The number of amides is 1. The van der Waals surface area contributed by atoms with Crippen LogP contribution in [0, 0.1) is 0 Å². The maximum absolute atomic E-state index is 13.0. The van der Waals surface area contributed by atoms with Crippen LogP contribution in [-0.2, 0) is 17.6 Å². The summed E-state index contributed by atoms with van der Waals surface area (Å²) in [6, 6.07) is 32.5. The summed E-state index contributed by atoms with van der Waals surface area (Å²) in [4.78, 5) is 15.1. The highest BCUT2D eigenvalue weighted by Gasteiger charge is 2.16. The zero-order valence-corrected chi connectivity index (χ0v) is 18.9. The summed E-state index contributed by atoms with van der Waals surface area (Å²) < 4.78 is 0. The number of anilines is 1. The number of hydrogen-bond donors (Lipinski definition) is 1. The first-order valence-electron chi connectivity index (χ1n) is 10.8. The minimum Gasteiger partial charge on any atom is -0.373 e. The van der Waals surface area contributed by atoms with Crippen LogP contribution in [0.25, 0.3) is 10.8 Å². The van der Waals surface area contributed by atoms with Gasteiger partial charge in [-0.1, -0.05) is 84.4 Å². The molecule has 4 rings (SSSR count). The highest BCUT2D eigenvalue weighted by molar-refractivity contribution is 6.30. The van der Waals surface area contributed by atoms with Gasteiger partial charge >= 0.3 is 0 Å². The minimum atomic E-state index is -0.0222. The molecule has 32 heavy (non-hydrogen) atoms. The number of fused-ring (bicyclic) bond motifs is 1. The van der Waals surface area contributed by atoms with Crippen LogP contribution in [0.5, 0.6) is 0 Å². The maximum Gasteiger partial charge on any atom is 0.224 e. The van der Waals surface area contributed by atoms with Crippen molar-refractivity contribution in [3.63, 3.8) is 0 Å². The monoisotopic (exact) mass is 442 g/mol. The number of halogens is 1. The van der Waals surface area contributed by atoms with Crippen LogP contribution in [-0.4, -0.2) is 25.5 Å². The van der Waals surface area contributed by atoms with Gasteiger partial charge in [-0.05, 0) is 52.6 Å². The van der Waals surface area contributed by atoms with Gasteiger partial charge in [-0.15, -0.1) is 0 Å². The van der Waals surface area contributed by atoms with Crippen molar-refractivity contribution >= 4 is 34.0 Å². The van der Waals surface area contributed by atoms with Crippen molar-refractivity contribution in [1.29, 1.82) is 0 Å². The van der Waals surface area contributed by atoms with Gasteiger partial charge < -0.3 is 10.2 Å². The third-order valence-corrected chi connectivity index (χ3v) is 5.88. The molecule has 0 saturated carbocycles. The first kappa shape index (κ1) is 21.9. The van der Waals surface area contributed by atoms with E-state index < -0.39 is 0 Å². The summed E-state index contributed by atoms with van der Waals surface area (Å²) >= 11 is 6.04. The molecular formula is C28H27ClN2O. The zero-order chi connectivity index (χ0) is 22.3. The molecule has 0 unspecified atom stereocenters. The molecule has 3 nitrogen and oxygen atoms in total. The average Bonchev–Trinajstić information content (AvgIpc) is 2.80. The Balaban J connectivity index is 1.46. The van der Waals surface area contributed by atoms with E-state index in [1.54, 1.807) is 0 Å². The average molecular weight is 443 g/mol. The Bertz CT molecular complexity index is 1170. The van der Waals surface area contributed by atoms with Crippen molar-refractivity contribution in [2.24, 2.45) is 0 Å². The second-order valence-electron chi connectivity index (χ2n) is 8.17. The molecule has 0 aliphatic heterocycles. The van der Waals surface area contributed by atoms with Crippen molar-refractivity contribution in [3.8, 4) is 0 Å². The standard InChI is InChI=1S/C28H27ClN2O/c1-31(27-15-13-25(29)14-16-27)20-26(18-21-7-3-2-4-8-21)30-28(32)19-22-11-12-23-9-5-6-10-24(23)17-22/h2-17,26H,18-20H2,1H3,(H,30,32)/t26-/m0/s1. The van der Waals surface area contributed by atoms with Gasteiger partial charge in [0.1, 0.15) is 0 Å². The van der Waals surface area contributed by atoms with Crippen molar-refractivity contribution in [2.45, 2.75) is 18.9 Å². The summed E-state index contributed by atoms with van der Waals surface area (Å²) in [5.41, 5.74) is 3.29. The molecular weight excluding hydrogens is 416 g/mol. The number of nitrogens with one attached hydrogen (secondary N) is 1. The third kappa shape index (κ3) is 5.89. The highest BCUT2D eigenvalue weighted by Crippen LogP contribution is 2.18. The SMILES string of the molecule is CN(C[C@H](Cc1ccccc1)NC(=O)Cc1ccc2ccccc2c1)c1ccc(Cl)cc1. The molecule has 4 aromatic rings. The molecule has 0 saturated heterocycles. The lowest BCUT2D eigenvalue weighted by Gasteiger charge is -2.27. The number of carbonyl (C=O) groups is 1. The Hall–Kier alpha value is -3.30. The van der Waals surface area contributed by atoms with E-state index in [0.29, 0.717) is 18.0 Å². The largest absolute Gasteiger partial charge is 0.373 e. The topological polar surface area (TPSA) is 32.3 Å². The van der Waals surface area contributed by atoms with E-state index in [2.05, 4.69) is 46.6 Å². The fourth-order valence-corrected chi connectivity index (χ4v) is 4.13. The van der Waals surface area contributed by atoms with Crippen molar-refractivity contribution in [1.82, 2.24) is 5.32 Å². The van der Waals surface area contributed by atoms with Crippen molar-refractivity contribution in [3.05, 3.63) is 113 Å². The Labute approximate surface area is 194 Å². The van der Waals surface area contributed by atoms with Gasteiger partial charge in [0.2, 0.25) is 5.91 Å². The number of nitrogens with zero attached hydrogens (tertiary/aromatic N) is 1. The Morgan fingerprint density at radius 1 is 0.844 bits per heavy atom. The van der Waals surface area contributed by atoms with Crippen LogP contribution in [0.3, 0.4) is 0 Å². The lowest BCUT2D eigenvalue weighted by Crippen LogP contribution is -2.44. The summed E-state index contributed by atoms with van der Waals surface area (Å²) in [5.74, 6) is 0.0331. The molecule has 162 valence electrons. The van der Waals surface area contributed by atoms with E-state index in [0.717, 1.165) is 23.1 Å². The predicted molar refractivity (Wildman–Crippen MR) is 134 cm³/mol. The van der Waals surface area contributed by atoms with Crippen LogP contribution >= 0.6 is 11.6 Å². The molecule has 0 fully saturated rings. The van der Waals surface area contributed by atoms with Gasteiger partial charge in [0.05, 0.1) is 12.5 Å². The number of hydrogen-bond acceptors (Lipinski definition) is 2. The molecule has 0 aliphatic rings. The normalized spacial score (nSPS) is 11.8. The number of rotatable bonds is 8. The second kappa shape index (κ2) is 10.3. The summed E-state index contributed by atoms with van der Waals surface area (Å²) in [7, 11) is 2.04. The zero-order valence-electron chi connectivity index (χ0n) is 18.2. The predicted octanol–water partition coefficient (Wildman–Crippen LogP) is 5.90. The molecule has 0 radical (unpaired) electrons. The number of benzene rings is 4. The van der Waals surface area contributed by atoms with Gasteiger partial charge in [-0.2, -0.15) is 0 Å². The lowest BCUT2D eigenvalue weighted by atomic mass is 10.0. The third-order valence-electron chi connectivity index (χ3n) is 5.63. The van der Waals surface area contributed by atoms with Crippen LogP contribution in [0.15, 0.2) is 97.1 Å². The van der Waals surface area contributed by atoms with E-state index in [4.69, 9.17) is 11.6 Å². The smallest absolute Gasteiger partial charge is 0.224 e. The fraction of sp³-hybridized carbons (Fsp3) is 0.179. The van der Waals surface area contributed by atoms with Gasteiger partial charge in [0.25, 0.3) is 0 Å². The van der Waals surface area contributed by atoms with Crippen LogP contribution < -0.4 is 10.2 Å². The maximum atomic E-state index is 13.0. The second-order valence-corrected chi connectivity index (χ2v) is 8.61. The first-order valence-corrected chi connectivity index (χ1v) is 11.2. The summed E-state index contributed by atoms with van der Waals surface area (Å²) in [6.45, 7) is 0.694. The van der Waals surface area contributed by atoms with Gasteiger partial charge in [-0.25, -0.2) is 0 Å². The number of likely N-dealkylation sites (N-methyl/N-ethyl adjacent to an activating group) is 1. The van der Waals surface area contributed by atoms with E-state index in [1.807, 2.05) is 67.7 Å². The van der Waals surface area contributed by atoms with Crippen molar-refractivity contribution in [2.75, 3.05) is 18.5 Å². The molecule has 1 N–H and O–H groups in total.